The van der Waals surface area contributed by atoms with Crippen molar-refractivity contribution in [2.24, 2.45) is 21.0 Å². The molecule has 0 aromatic heterocycles. The Morgan fingerprint density at radius 2 is 1.79 bits per heavy atom. The molecule has 1 N–H and O–H groups in total. The Labute approximate surface area is 116 Å². The summed E-state index contributed by atoms with van der Waals surface area (Å²) in [4.78, 5) is 4.51. The molecule has 3 heteroatoms. The zero-order chi connectivity index (χ0) is 14.5. The third-order valence-electron chi connectivity index (χ3n) is 2.58. The van der Waals surface area contributed by atoms with Gasteiger partial charge in [0.05, 0.1) is 5.69 Å². The van der Waals surface area contributed by atoms with E-state index in [1.165, 1.54) is 5.56 Å². The van der Waals surface area contributed by atoms with Gasteiger partial charge in [-0.1, -0.05) is 46.8 Å². The zero-order valence-corrected chi connectivity index (χ0v) is 12.5. The van der Waals surface area contributed by atoms with E-state index in [1.54, 1.807) is 6.21 Å². The lowest BCUT2D eigenvalue weighted by atomic mass is 9.87. The molecule has 0 atom stereocenters. The summed E-state index contributed by atoms with van der Waals surface area (Å²) in [5.74, 6) is 0. The van der Waals surface area contributed by atoms with Gasteiger partial charge in [-0.3, -0.25) is 4.99 Å². The predicted molar refractivity (Wildman–Crippen MR) is 81.8 cm³/mol. The van der Waals surface area contributed by atoms with E-state index in [1.807, 2.05) is 32.2 Å². The third kappa shape index (κ3) is 6.18. The van der Waals surface area contributed by atoms with Gasteiger partial charge >= 0.3 is 0 Å². The first-order valence-electron chi connectivity index (χ1n) is 6.55. The van der Waals surface area contributed by atoms with Crippen LogP contribution in [0.25, 0.3) is 0 Å². The second kappa shape index (κ2) is 6.00. The Morgan fingerprint density at radius 1 is 1.11 bits per heavy atom. The number of hydrogen-bond acceptors (Lipinski definition) is 3. The molecule has 0 unspecified atom stereocenters. The van der Waals surface area contributed by atoms with Crippen molar-refractivity contribution >= 4 is 18.1 Å². The van der Waals surface area contributed by atoms with E-state index in [-0.39, 0.29) is 10.8 Å². The number of hydrogen-bond donors (Lipinski definition) is 1. The molecule has 1 aromatic rings. The highest BCUT2D eigenvalue weighted by atomic mass is 16.4. The van der Waals surface area contributed by atoms with Crippen LogP contribution in [-0.2, 0) is 6.42 Å². The van der Waals surface area contributed by atoms with Crippen LogP contribution in [0.1, 0.15) is 40.2 Å². The van der Waals surface area contributed by atoms with E-state index in [0.29, 0.717) is 0 Å². The number of oxime groups is 1. The number of benzene rings is 1. The van der Waals surface area contributed by atoms with Crippen LogP contribution in [0.3, 0.4) is 0 Å². The lowest BCUT2D eigenvalue weighted by molar-refractivity contribution is 0.313. The minimum atomic E-state index is -0.166. The number of nitrogens with zero attached hydrogens (tertiary/aromatic N) is 2. The monoisotopic (exact) mass is 260 g/mol. The first kappa shape index (κ1) is 15.4. The molecule has 0 aliphatic heterocycles. The number of aliphatic imine (C=N–C) groups is 1. The van der Waals surface area contributed by atoms with E-state index in [2.05, 4.69) is 43.1 Å². The topological polar surface area (TPSA) is 45.0 Å². The Kier molecular flexibility index (Phi) is 4.87. The SMILES string of the molecule is CC(C)(C)C=Nc1cccc(CC(C)(C)/C=N/O)c1. The standard InChI is InChI=1S/C16H24N2O/c1-15(2,3)11-17-14-8-6-7-13(9-14)10-16(4,5)12-18-19/h6-9,11-12,19H,10H2,1-5H3/b17-11?,18-12+. The van der Waals surface area contributed by atoms with Gasteiger partial charge in [0.25, 0.3) is 0 Å². The van der Waals surface area contributed by atoms with Gasteiger partial charge in [-0.15, -0.1) is 5.16 Å². The summed E-state index contributed by atoms with van der Waals surface area (Å²) in [6.45, 7) is 10.5. The Balaban J connectivity index is 2.86. The minimum Gasteiger partial charge on any atom is -0.411 e. The van der Waals surface area contributed by atoms with Crippen molar-refractivity contribution in [2.75, 3.05) is 0 Å². The summed E-state index contributed by atoms with van der Waals surface area (Å²) in [7, 11) is 0. The maximum absolute atomic E-state index is 8.65. The van der Waals surface area contributed by atoms with Crippen molar-refractivity contribution in [1.82, 2.24) is 0 Å². The molecule has 0 heterocycles. The molecule has 0 saturated heterocycles. The summed E-state index contributed by atoms with van der Waals surface area (Å²) in [5, 5.41) is 11.8. The first-order valence-corrected chi connectivity index (χ1v) is 6.55. The first-order chi connectivity index (χ1) is 8.72. The summed E-state index contributed by atoms with van der Waals surface area (Å²) in [6.07, 6.45) is 4.35. The molecule has 0 amide bonds. The van der Waals surface area contributed by atoms with Gasteiger partial charge in [-0.25, -0.2) is 0 Å². The Hall–Kier alpha value is -1.64. The average molecular weight is 260 g/mol. The van der Waals surface area contributed by atoms with Crippen LogP contribution in [0, 0.1) is 10.8 Å². The quantitative estimate of drug-likeness (QED) is 0.485. The molecular weight excluding hydrogens is 236 g/mol. The zero-order valence-electron chi connectivity index (χ0n) is 12.5. The van der Waals surface area contributed by atoms with Crippen LogP contribution < -0.4 is 0 Å². The molecule has 1 aromatic carbocycles. The molecule has 3 nitrogen and oxygen atoms in total. The molecule has 0 spiro atoms. The van der Waals surface area contributed by atoms with Crippen molar-refractivity contribution in [2.45, 2.75) is 41.0 Å². The predicted octanol–water partition coefficient (Wildman–Crippen LogP) is 4.46. The van der Waals surface area contributed by atoms with E-state index < -0.39 is 0 Å². The smallest absolute Gasteiger partial charge is 0.0628 e. The number of rotatable bonds is 4. The summed E-state index contributed by atoms with van der Waals surface area (Å²) in [5.41, 5.74) is 2.07. The molecule has 104 valence electrons. The fourth-order valence-electron chi connectivity index (χ4n) is 1.74. The summed E-state index contributed by atoms with van der Waals surface area (Å²) in [6, 6.07) is 8.16. The largest absolute Gasteiger partial charge is 0.411 e. The van der Waals surface area contributed by atoms with E-state index in [4.69, 9.17) is 5.21 Å². The van der Waals surface area contributed by atoms with Crippen molar-refractivity contribution < 1.29 is 5.21 Å². The van der Waals surface area contributed by atoms with Crippen molar-refractivity contribution in [3.63, 3.8) is 0 Å². The maximum atomic E-state index is 8.65. The second-order valence-corrected chi connectivity index (χ2v) is 6.70. The van der Waals surface area contributed by atoms with Gasteiger partial charge in [0, 0.05) is 17.8 Å². The van der Waals surface area contributed by atoms with E-state index in [9.17, 15) is 0 Å². The van der Waals surface area contributed by atoms with Crippen LogP contribution in [-0.4, -0.2) is 17.6 Å². The van der Waals surface area contributed by atoms with Crippen molar-refractivity contribution in [1.29, 1.82) is 0 Å². The Bertz CT molecular complexity index is 468. The van der Waals surface area contributed by atoms with Crippen molar-refractivity contribution in [3.8, 4) is 0 Å². The van der Waals surface area contributed by atoms with Gasteiger partial charge in [0.15, 0.2) is 0 Å². The lowest BCUT2D eigenvalue weighted by Crippen LogP contribution is -2.16. The summed E-state index contributed by atoms with van der Waals surface area (Å²) < 4.78 is 0. The molecule has 19 heavy (non-hydrogen) atoms. The van der Waals surface area contributed by atoms with E-state index in [0.717, 1.165) is 12.1 Å². The molecule has 0 aliphatic rings. The van der Waals surface area contributed by atoms with Crippen molar-refractivity contribution in [3.05, 3.63) is 29.8 Å². The third-order valence-corrected chi connectivity index (χ3v) is 2.58. The fraction of sp³-hybridized carbons (Fsp3) is 0.500. The molecule has 0 fully saturated rings. The van der Waals surface area contributed by atoms with Gasteiger partial charge < -0.3 is 5.21 Å². The highest BCUT2D eigenvalue weighted by Crippen LogP contribution is 2.23. The van der Waals surface area contributed by atoms with E-state index >= 15 is 0 Å². The maximum Gasteiger partial charge on any atom is 0.0628 e. The van der Waals surface area contributed by atoms with Crippen LogP contribution in [0.2, 0.25) is 0 Å². The van der Waals surface area contributed by atoms with Crippen LogP contribution >= 0.6 is 0 Å². The van der Waals surface area contributed by atoms with Crippen LogP contribution in [0.15, 0.2) is 34.4 Å². The molecule has 0 radical (unpaired) electrons. The van der Waals surface area contributed by atoms with Gasteiger partial charge in [-0.2, -0.15) is 0 Å². The average Bonchev–Trinajstić information content (AvgIpc) is 2.25. The highest BCUT2D eigenvalue weighted by Gasteiger charge is 2.16. The minimum absolute atomic E-state index is 0.0822. The van der Waals surface area contributed by atoms with Gasteiger partial charge in [-0.05, 0) is 29.5 Å². The molecule has 0 saturated carbocycles. The molecular formula is C16H24N2O. The van der Waals surface area contributed by atoms with Gasteiger partial charge in [0.2, 0.25) is 0 Å². The highest BCUT2D eigenvalue weighted by molar-refractivity contribution is 5.69. The van der Waals surface area contributed by atoms with Crippen LogP contribution in [0.4, 0.5) is 5.69 Å². The van der Waals surface area contributed by atoms with Gasteiger partial charge in [0.1, 0.15) is 0 Å². The normalized spacial score (nSPS) is 13.5. The Morgan fingerprint density at radius 3 is 2.37 bits per heavy atom. The molecule has 0 bridgehead atoms. The summed E-state index contributed by atoms with van der Waals surface area (Å²) >= 11 is 0. The molecule has 1 rings (SSSR count). The lowest BCUT2D eigenvalue weighted by Gasteiger charge is -2.18. The molecule has 0 aliphatic carbocycles. The second-order valence-electron chi connectivity index (χ2n) is 6.70. The van der Waals surface area contributed by atoms with Crippen LogP contribution in [0.5, 0.6) is 0 Å². The fourth-order valence-corrected chi connectivity index (χ4v) is 1.74.